The first-order valence-corrected chi connectivity index (χ1v) is 13.2. The zero-order valence-corrected chi connectivity index (χ0v) is 22.5. The maximum absolute atomic E-state index is 13.8. The minimum absolute atomic E-state index is 0.0572. The molecule has 1 aliphatic rings. The van der Waals surface area contributed by atoms with E-state index in [2.05, 4.69) is 10.3 Å². The van der Waals surface area contributed by atoms with Gasteiger partial charge in [0, 0.05) is 25.3 Å². The van der Waals surface area contributed by atoms with E-state index >= 15 is 0 Å². The molecular formula is C30H30N4O7. The number of aliphatic carboxylic acids is 1. The van der Waals surface area contributed by atoms with E-state index in [9.17, 15) is 28.8 Å². The van der Waals surface area contributed by atoms with E-state index in [1.807, 2.05) is 30.3 Å². The largest absolute Gasteiger partial charge is 0.481 e. The predicted molar refractivity (Wildman–Crippen MR) is 150 cm³/mol. The van der Waals surface area contributed by atoms with Crippen molar-refractivity contribution in [2.45, 2.75) is 38.6 Å². The molecule has 41 heavy (non-hydrogen) atoms. The number of para-hydroxylation sites is 3. The van der Waals surface area contributed by atoms with Gasteiger partial charge in [-0.3, -0.25) is 24.0 Å². The van der Waals surface area contributed by atoms with Crippen molar-refractivity contribution in [3.05, 3.63) is 66.4 Å². The highest BCUT2D eigenvalue weighted by molar-refractivity contribution is 6.08. The van der Waals surface area contributed by atoms with Gasteiger partial charge in [-0.2, -0.15) is 0 Å². The van der Waals surface area contributed by atoms with Crippen LogP contribution < -0.4 is 15.1 Å². The fourth-order valence-corrected chi connectivity index (χ4v) is 4.91. The number of hydrogen-bond acceptors (Lipinski definition) is 7. The number of hydrogen-bond donors (Lipinski definition) is 2. The molecule has 2 atom stereocenters. The quantitative estimate of drug-likeness (QED) is 0.269. The van der Waals surface area contributed by atoms with Crippen molar-refractivity contribution in [2.24, 2.45) is 5.92 Å². The number of aldehydes is 1. The van der Waals surface area contributed by atoms with Crippen LogP contribution in [0.4, 0.5) is 11.4 Å². The van der Waals surface area contributed by atoms with Crippen molar-refractivity contribution in [3.8, 4) is 0 Å². The fourth-order valence-electron chi connectivity index (χ4n) is 4.91. The predicted octanol–water partition coefficient (Wildman–Crippen LogP) is 2.76. The van der Waals surface area contributed by atoms with Crippen LogP contribution in [0.15, 0.2) is 60.7 Å². The highest BCUT2D eigenvalue weighted by atomic mass is 16.4. The first-order valence-electron chi connectivity index (χ1n) is 13.2. The number of fused-ring (bicyclic) bond motifs is 2. The third-order valence-electron chi connectivity index (χ3n) is 6.91. The Hall–Kier alpha value is -4.93. The molecule has 0 saturated heterocycles. The van der Waals surface area contributed by atoms with Gasteiger partial charge in [0.2, 0.25) is 17.7 Å². The molecule has 4 rings (SSSR count). The summed E-state index contributed by atoms with van der Waals surface area (Å²) in [5, 5.41) is 12.2. The Morgan fingerprint density at radius 1 is 1.05 bits per heavy atom. The fraction of sp³-hybridized carbons (Fsp3) is 0.300. The number of anilines is 2. The normalized spacial score (nSPS) is 15.5. The minimum atomic E-state index is -1.26. The lowest BCUT2D eigenvalue weighted by Crippen LogP contribution is -2.47. The molecule has 11 nitrogen and oxygen atoms in total. The lowest BCUT2D eigenvalue weighted by Gasteiger charge is -2.25. The summed E-state index contributed by atoms with van der Waals surface area (Å²) in [5.74, 6) is -3.59. The average Bonchev–Trinajstić information content (AvgIpc) is 3.07. The van der Waals surface area contributed by atoms with Crippen LogP contribution >= 0.6 is 0 Å². The van der Waals surface area contributed by atoms with Gasteiger partial charge < -0.3 is 25.0 Å². The van der Waals surface area contributed by atoms with E-state index in [0.29, 0.717) is 35.3 Å². The Morgan fingerprint density at radius 2 is 1.76 bits per heavy atom. The van der Waals surface area contributed by atoms with Crippen molar-refractivity contribution in [1.29, 1.82) is 0 Å². The van der Waals surface area contributed by atoms with Crippen LogP contribution in [0.25, 0.3) is 10.9 Å². The standard InChI is InChI=1S/C30H30N4O7/c1-19(36)33-16-21(8-6-12-27(37)24-14-13-20-7-2-3-9-23(20)32-24)30(41)34(26-11-5-4-10-25(26)33)17-28(38)31-22(18-35)15-29(39)40/h2-5,7,9-11,13-14,18,21-22H,6,8,12,15-17H2,1H3,(H,31,38)(H,39,40)/t21?,22-/m0/s1. The van der Waals surface area contributed by atoms with Crippen molar-refractivity contribution in [1.82, 2.24) is 10.3 Å². The van der Waals surface area contributed by atoms with Crippen LogP contribution in [0.2, 0.25) is 0 Å². The zero-order chi connectivity index (χ0) is 29.5. The molecule has 212 valence electrons. The lowest BCUT2D eigenvalue weighted by atomic mass is 9.98. The number of amides is 3. The first kappa shape index (κ1) is 29.1. The summed E-state index contributed by atoms with van der Waals surface area (Å²) in [7, 11) is 0. The summed E-state index contributed by atoms with van der Waals surface area (Å²) >= 11 is 0. The number of carbonyl (C=O) groups is 6. The Bertz CT molecular complexity index is 1500. The Balaban J connectivity index is 1.52. The second kappa shape index (κ2) is 12.9. The van der Waals surface area contributed by atoms with Crippen LogP contribution in [-0.2, 0) is 24.0 Å². The van der Waals surface area contributed by atoms with Crippen molar-refractivity contribution in [3.63, 3.8) is 0 Å². The molecule has 0 spiro atoms. The highest BCUT2D eigenvalue weighted by Gasteiger charge is 2.36. The van der Waals surface area contributed by atoms with Crippen LogP contribution in [0, 0.1) is 5.92 Å². The smallest absolute Gasteiger partial charge is 0.305 e. The molecule has 3 aromatic rings. The lowest BCUT2D eigenvalue weighted by molar-refractivity contribution is -0.139. The molecule has 0 fully saturated rings. The van der Waals surface area contributed by atoms with E-state index < -0.39 is 42.7 Å². The number of pyridine rings is 1. The van der Waals surface area contributed by atoms with E-state index in [1.165, 1.54) is 16.7 Å². The zero-order valence-electron chi connectivity index (χ0n) is 22.5. The number of nitrogens with zero attached hydrogens (tertiary/aromatic N) is 3. The maximum Gasteiger partial charge on any atom is 0.305 e. The summed E-state index contributed by atoms with van der Waals surface area (Å²) in [6.45, 7) is 0.958. The van der Waals surface area contributed by atoms with E-state index in [0.717, 1.165) is 5.39 Å². The molecule has 11 heteroatoms. The molecular weight excluding hydrogens is 528 g/mol. The number of nitrogens with one attached hydrogen (secondary N) is 1. The van der Waals surface area contributed by atoms with Gasteiger partial charge in [-0.15, -0.1) is 0 Å². The number of benzene rings is 2. The van der Waals surface area contributed by atoms with Crippen molar-refractivity contribution in [2.75, 3.05) is 22.9 Å². The number of ketones is 1. The van der Waals surface area contributed by atoms with Gasteiger partial charge in [-0.25, -0.2) is 4.98 Å². The first-order chi connectivity index (χ1) is 19.7. The SMILES string of the molecule is CC(=O)N1CC(CCCC(=O)c2ccc3ccccc3n2)C(=O)N(CC(=O)N[C@H](C=O)CC(=O)O)c2ccccc21. The number of rotatable bonds is 11. The van der Waals surface area contributed by atoms with Crippen LogP contribution in [-0.4, -0.2) is 65.0 Å². The van der Waals surface area contributed by atoms with Crippen LogP contribution in [0.1, 0.15) is 43.1 Å². The van der Waals surface area contributed by atoms with Gasteiger partial charge in [0.05, 0.1) is 35.3 Å². The number of carbonyl (C=O) groups excluding carboxylic acids is 5. The summed E-state index contributed by atoms with van der Waals surface area (Å²) in [4.78, 5) is 81.5. The van der Waals surface area contributed by atoms with Crippen molar-refractivity contribution >= 4 is 58.0 Å². The van der Waals surface area contributed by atoms with Crippen molar-refractivity contribution < 1.29 is 33.9 Å². The second-order valence-corrected chi connectivity index (χ2v) is 9.85. The maximum atomic E-state index is 13.8. The molecule has 3 amide bonds. The molecule has 1 aliphatic heterocycles. The number of carboxylic acid groups (broad SMARTS) is 1. The summed E-state index contributed by atoms with van der Waals surface area (Å²) in [5.41, 5.74) is 1.82. The minimum Gasteiger partial charge on any atom is -0.481 e. The molecule has 2 N–H and O–H groups in total. The molecule has 1 unspecified atom stereocenters. The average molecular weight is 559 g/mol. The van der Waals surface area contributed by atoms with Gasteiger partial charge >= 0.3 is 5.97 Å². The van der Waals surface area contributed by atoms with Gasteiger partial charge in [-0.1, -0.05) is 36.4 Å². The second-order valence-electron chi connectivity index (χ2n) is 9.85. The highest BCUT2D eigenvalue weighted by Crippen LogP contribution is 2.35. The van der Waals surface area contributed by atoms with E-state index in [4.69, 9.17) is 5.11 Å². The number of aromatic nitrogens is 1. The summed E-state index contributed by atoms with van der Waals surface area (Å²) in [6, 6.07) is 16.4. The molecule has 0 bridgehead atoms. The summed E-state index contributed by atoms with van der Waals surface area (Å²) in [6.07, 6.45) is 0.479. The molecule has 1 aromatic heterocycles. The van der Waals surface area contributed by atoms with Crippen LogP contribution in [0.3, 0.4) is 0 Å². The Labute approximate surface area is 236 Å². The molecule has 2 aromatic carbocycles. The van der Waals surface area contributed by atoms with E-state index in [-0.39, 0.29) is 31.1 Å². The Morgan fingerprint density at radius 3 is 2.46 bits per heavy atom. The third kappa shape index (κ3) is 6.99. The number of carboxylic acids is 1. The molecule has 0 saturated carbocycles. The Kier molecular flexibility index (Phi) is 9.18. The van der Waals surface area contributed by atoms with Gasteiger partial charge in [0.25, 0.3) is 0 Å². The molecule has 2 heterocycles. The number of Topliss-reactive ketones (excluding diaryl/α,β-unsaturated/α-hetero) is 1. The van der Waals surface area contributed by atoms with E-state index in [1.54, 1.807) is 30.3 Å². The van der Waals surface area contributed by atoms with Gasteiger partial charge in [0.15, 0.2) is 5.78 Å². The van der Waals surface area contributed by atoms with Gasteiger partial charge in [-0.05, 0) is 37.1 Å². The van der Waals surface area contributed by atoms with Gasteiger partial charge in [0.1, 0.15) is 18.5 Å². The third-order valence-corrected chi connectivity index (χ3v) is 6.91. The monoisotopic (exact) mass is 558 g/mol. The summed E-state index contributed by atoms with van der Waals surface area (Å²) < 4.78 is 0. The molecule has 0 radical (unpaired) electrons. The van der Waals surface area contributed by atoms with Crippen LogP contribution in [0.5, 0.6) is 0 Å². The topological polar surface area (TPSA) is 154 Å². The molecule has 0 aliphatic carbocycles.